The van der Waals surface area contributed by atoms with Gasteiger partial charge in [-0.3, -0.25) is 0 Å². The first-order chi connectivity index (χ1) is 7.84. The number of hydrogen-bond acceptors (Lipinski definition) is 3. The van der Waals surface area contributed by atoms with E-state index in [4.69, 9.17) is 0 Å². The van der Waals surface area contributed by atoms with Gasteiger partial charge in [-0.15, -0.1) is 0 Å². The summed E-state index contributed by atoms with van der Waals surface area (Å²) in [6.07, 6.45) is 2.79. The van der Waals surface area contributed by atoms with E-state index in [0.29, 0.717) is 0 Å². The quantitative estimate of drug-likeness (QED) is 0.879. The molecule has 94 valence electrons. The topological polar surface area (TPSA) is 46.2 Å². The predicted molar refractivity (Wildman–Crippen MR) is 64.1 cm³/mol. The summed E-state index contributed by atoms with van der Waals surface area (Å²) in [5, 5.41) is 3.20. The minimum atomic E-state index is -3.41. The molecule has 1 aromatic rings. The normalized spacial score (nSPS) is 25.1. The molecule has 1 aromatic carbocycles. The fourth-order valence-electron chi connectivity index (χ4n) is 2.46. The Morgan fingerprint density at radius 2 is 2.12 bits per heavy atom. The van der Waals surface area contributed by atoms with Crippen molar-refractivity contribution in [2.24, 2.45) is 0 Å². The maximum atomic E-state index is 14.0. The van der Waals surface area contributed by atoms with Gasteiger partial charge >= 0.3 is 0 Å². The van der Waals surface area contributed by atoms with Gasteiger partial charge in [0.2, 0.25) is 0 Å². The minimum absolute atomic E-state index is 0.0920. The van der Waals surface area contributed by atoms with Gasteiger partial charge in [0.1, 0.15) is 5.82 Å². The standard InChI is InChI=1S/C12H16FNO2S/c1-12(7-4-8-14-12)11-9(13)5-3-6-10(11)17(2,15)16/h3,5-6,14H,4,7-8H2,1-2H3. The SMILES string of the molecule is CC1(c2c(F)cccc2S(C)(=O)=O)CCCN1. The lowest BCUT2D eigenvalue weighted by atomic mass is 9.90. The van der Waals surface area contributed by atoms with Crippen molar-refractivity contribution in [3.8, 4) is 0 Å². The Morgan fingerprint density at radius 3 is 2.65 bits per heavy atom. The molecule has 0 aromatic heterocycles. The molecule has 1 atom stereocenters. The van der Waals surface area contributed by atoms with Gasteiger partial charge in [0, 0.05) is 17.4 Å². The van der Waals surface area contributed by atoms with Crippen molar-refractivity contribution in [2.45, 2.75) is 30.2 Å². The van der Waals surface area contributed by atoms with Gasteiger partial charge in [0.15, 0.2) is 9.84 Å². The maximum absolute atomic E-state index is 14.0. The lowest BCUT2D eigenvalue weighted by Gasteiger charge is -2.27. The summed E-state index contributed by atoms with van der Waals surface area (Å²) < 4.78 is 37.4. The van der Waals surface area contributed by atoms with E-state index >= 15 is 0 Å². The number of halogens is 1. The van der Waals surface area contributed by atoms with Crippen molar-refractivity contribution >= 4 is 9.84 Å². The number of nitrogens with one attached hydrogen (secondary N) is 1. The third-order valence-electron chi connectivity index (χ3n) is 3.30. The Bertz CT molecular complexity index is 533. The van der Waals surface area contributed by atoms with Crippen LogP contribution in [0.4, 0.5) is 4.39 Å². The zero-order valence-corrected chi connectivity index (χ0v) is 10.8. The molecule has 0 spiro atoms. The van der Waals surface area contributed by atoms with Crippen molar-refractivity contribution < 1.29 is 12.8 Å². The van der Waals surface area contributed by atoms with Crippen molar-refractivity contribution in [2.75, 3.05) is 12.8 Å². The van der Waals surface area contributed by atoms with Crippen molar-refractivity contribution in [1.29, 1.82) is 0 Å². The lowest BCUT2D eigenvalue weighted by molar-refractivity contribution is 0.400. The second-order valence-corrected chi connectivity index (χ2v) is 6.73. The summed E-state index contributed by atoms with van der Waals surface area (Å²) in [5.74, 6) is -0.454. The minimum Gasteiger partial charge on any atom is -0.307 e. The van der Waals surface area contributed by atoms with Crippen LogP contribution in [-0.2, 0) is 15.4 Å². The lowest BCUT2D eigenvalue weighted by Crippen LogP contribution is -2.35. The summed E-state index contributed by atoms with van der Waals surface area (Å²) in [6.45, 7) is 2.64. The summed E-state index contributed by atoms with van der Waals surface area (Å²) >= 11 is 0. The molecule has 5 heteroatoms. The molecule has 1 unspecified atom stereocenters. The summed E-state index contributed by atoms with van der Waals surface area (Å²) in [6, 6.07) is 4.22. The molecule has 0 bridgehead atoms. The highest BCUT2D eigenvalue weighted by atomic mass is 32.2. The Balaban J connectivity index is 2.67. The zero-order valence-electron chi connectivity index (χ0n) is 9.96. The molecule has 1 N–H and O–H groups in total. The Kier molecular flexibility index (Phi) is 2.99. The highest BCUT2D eigenvalue weighted by Gasteiger charge is 2.36. The fourth-order valence-corrected chi connectivity index (χ4v) is 3.48. The van der Waals surface area contributed by atoms with Crippen molar-refractivity contribution in [3.05, 3.63) is 29.6 Å². The van der Waals surface area contributed by atoms with Gasteiger partial charge < -0.3 is 5.32 Å². The van der Waals surface area contributed by atoms with Crippen LogP contribution >= 0.6 is 0 Å². The van der Waals surface area contributed by atoms with Gasteiger partial charge in [0.05, 0.1) is 4.90 Å². The molecule has 3 nitrogen and oxygen atoms in total. The molecule has 1 fully saturated rings. The maximum Gasteiger partial charge on any atom is 0.175 e. The monoisotopic (exact) mass is 257 g/mol. The number of benzene rings is 1. The second kappa shape index (κ2) is 4.07. The Labute approximate surface area is 101 Å². The molecule has 1 heterocycles. The zero-order chi connectivity index (χ0) is 12.7. The van der Waals surface area contributed by atoms with E-state index in [-0.39, 0.29) is 10.5 Å². The highest BCUT2D eigenvalue weighted by molar-refractivity contribution is 7.90. The highest BCUT2D eigenvalue weighted by Crippen LogP contribution is 2.36. The fraction of sp³-hybridized carbons (Fsp3) is 0.500. The van der Waals surface area contributed by atoms with Crippen LogP contribution in [0.1, 0.15) is 25.3 Å². The van der Waals surface area contributed by atoms with Crippen LogP contribution in [0.15, 0.2) is 23.1 Å². The first kappa shape index (κ1) is 12.5. The Hall–Kier alpha value is -0.940. The van der Waals surface area contributed by atoms with E-state index in [1.54, 1.807) is 0 Å². The molecule has 1 saturated heterocycles. The van der Waals surface area contributed by atoms with E-state index in [9.17, 15) is 12.8 Å². The van der Waals surface area contributed by atoms with E-state index in [2.05, 4.69) is 5.32 Å². The van der Waals surface area contributed by atoms with Gasteiger partial charge in [0.25, 0.3) is 0 Å². The van der Waals surface area contributed by atoms with Crippen molar-refractivity contribution in [3.63, 3.8) is 0 Å². The summed E-state index contributed by atoms with van der Waals surface area (Å²) in [5.41, 5.74) is -0.302. The molecule has 1 aliphatic rings. The molecule has 2 rings (SSSR count). The van der Waals surface area contributed by atoms with Crippen LogP contribution in [0.2, 0.25) is 0 Å². The van der Waals surface area contributed by atoms with Gasteiger partial charge in [-0.25, -0.2) is 12.8 Å². The average molecular weight is 257 g/mol. The first-order valence-corrected chi connectivity index (χ1v) is 7.48. The molecule has 0 aliphatic carbocycles. The molecular weight excluding hydrogens is 241 g/mol. The van der Waals surface area contributed by atoms with E-state index in [0.717, 1.165) is 25.6 Å². The number of rotatable bonds is 2. The summed E-state index contributed by atoms with van der Waals surface area (Å²) in [7, 11) is -3.41. The van der Waals surface area contributed by atoms with Crippen molar-refractivity contribution in [1.82, 2.24) is 5.32 Å². The first-order valence-electron chi connectivity index (χ1n) is 5.59. The molecule has 0 saturated carbocycles. The van der Waals surface area contributed by atoms with Gasteiger partial charge in [-0.05, 0) is 38.4 Å². The van der Waals surface area contributed by atoms with Crippen LogP contribution in [0.25, 0.3) is 0 Å². The molecular formula is C12H16FNO2S. The van der Waals surface area contributed by atoms with Crippen LogP contribution in [0.3, 0.4) is 0 Å². The summed E-state index contributed by atoms with van der Waals surface area (Å²) in [4.78, 5) is 0.0920. The third-order valence-corrected chi connectivity index (χ3v) is 4.43. The van der Waals surface area contributed by atoms with E-state index in [1.165, 1.54) is 18.2 Å². The Morgan fingerprint density at radius 1 is 1.41 bits per heavy atom. The van der Waals surface area contributed by atoms with Crippen LogP contribution in [-0.4, -0.2) is 21.2 Å². The third kappa shape index (κ3) is 2.21. The largest absolute Gasteiger partial charge is 0.307 e. The van der Waals surface area contributed by atoms with Crippen LogP contribution in [0, 0.1) is 5.82 Å². The molecule has 0 amide bonds. The van der Waals surface area contributed by atoms with Crippen LogP contribution < -0.4 is 5.32 Å². The van der Waals surface area contributed by atoms with Gasteiger partial charge in [-0.1, -0.05) is 6.07 Å². The molecule has 17 heavy (non-hydrogen) atoms. The van der Waals surface area contributed by atoms with Crippen LogP contribution in [0.5, 0.6) is 0 Å². The van der Waals surface area contributed by atoms with Gasteiger partial charge in [-0.2, -0.15) is 0 Å². The van der Waals surface area contributed by atoms with E-state index in [1.807, 2.05) is 6.92 Å². The average Bonchev–Trinajstić information content (AvgIpc) is 2.64. The van der Waals surface area contributed by atoms with E-state index < -0.39 is 21.2 Å². The smallest absolute Gasteiger partial charge is 0.175 e. The number of hydrogen-bond donors (Lipinski definition) is 1. The second-order valence-electron chi connectivity index (χ2n) is 4.75. The molecule has 1 aliphatic heterocycles. The molecule has 0 radical (unpaired) electrons. The predicted octanol–water partition coefficient (Wildman–Crippen LogP) is 1.83. The number of sulfone groups is 1.